The molecule has 9 nitrogen and oxygen atoms in total. The maximum absolute atomic E-state index is 13.0. The van der Waals surface area contributed by atoms with E-state index < -0.39 is 24.5 Å². The molecule has 29 heavy (non-hydrogen) atoms. The summed E-state index contributed by atoms with van der Waals surface area (Å²) >= 11 is 0. The minimum atomic E-state index is -1.03. The number of amides is 3. The molecule has 0 spiro atoms. The molecule has 2 heterocycles. The smallest absolute Gasteiger partial charge is 0.330 e. The molecule has 2 saturated carbocycles. The van der Waals surface area contributed by atoms with Gasteiger partial charge < -0.3 is 14.6 Å². The fourth-order valence-electron chi connectivity index (χ4n) is 5.21. The van der Waals surface area contributed by atoms with E-state index in [0.29, 0.717) is 5.76 Å². The number of ether oxygens (including phenoxy) is 1. The molecule has 1 N–H and O–H groups in total. The molecule has 9 heteroatoms. The number of fused-ring (bicyclic) bond motifs is 5. The zero-order chi connectivity index (χ0) is 20.9. The lowest BCUT2D eigenvalue weighted by molar-refractivity contribution is -0.162. The first-order chi connectivity index (χ1) is 13.8. The van der Waals surface area contributed by atoms with Crippen molar-refractivity contribution < 1.29 is 28.4 Å². The van der Waals surface area contributed by atoms with Gasteiger partial charge in [0.05, 0.1) is 11.8 Å². The lowest BCUT2D eigenvalue weighted by Gasteiger charge is -2.28. The topological polar surface area (TPSA) is 119 Å². The van der Waals surface area contributed by atoms with Gasteiger partial charge in [-0.25, -0.2) is 4.79 Å². The number of carbonyl (C=O) groups excluding carboxylic acids is 4. The molecule has 3 fully saturated rings. The molecule has 3 amide bonds. The summed E-state index contributed by atoms with van der Waals surface area (Å²) in [5.41, 5.74) is 0. The van der Waals surface area contributed by atoms with E-state index in [2.05, 4.69) is 10.5 Å². The Kier molecular flexibility index (Phi) is 4.92. The molecule has 0 aromatic carbocycles. The number of nitrogens with one attached hydrogen (secondary N) is 1. The van der Waals surface area contributed by atoms with Crippen molar-refractivity contribution in [2.75, 3.05) is 11.9 Å². The second-order valence-electron chi connectivity index (χ2n) is 8.60. The Morgan fingerprint density at radius 2 is 1.86 bits per heavy atom. The molecular weight excluding hydrogens is 378 g/mol. The minimum Gasteiger partial charge on any atom is -0.454 e. The van der Waals surface area contributed by atoms with E-state index in [4.69, 9.17) is 9.26 Å². The van der Waals surface area contributed by atoms with Crippen LogP contribution in [-0.4, -0.2) is 46.4 Å². The Morgan fingerprint density at radius 1 is 1.24 bits per heavy atom. The van der Waals surface area contributed by atoms with Crippen molar-refractivity contribution >= 4 is 29.5 Å². The molecule has 156 valence electrons. The van der Waals surface area contributed by atoms with Gasteiger partial charge in [-0.1, -0.05) is 19.0 Å². The molecule has 2 aliphatic carbocycles. The van der Waals surface area contributed by atoms with Crippen LogP contribution in [0.5, 0.6) is 0 Å². The third kappa shape index (κ3) is 3.32. The molecule has 5 atom stereocenters. The first-order valence-electron chi connectivity index (χ1n) is 10.0. The van der Waals surface area contributed by atoms with Crippen molar-refractivity contribution in [1.29, 1.82) is 0 Å². The van der Waals surface area contributed by atoms with E-state index in [0.717, 1.165) is 24.2 Å². The van der Waals surface area contributed by atoms with Crippen LogP contribution in [-0.2, 0) is 23.9 Å². The minimum absolute atomic E-state index is 0.220. The van der Waals surface area contributed by atoms with E-state index in [9.17, 15) is 19.2 Å². The largest absolute Gasteiger partial charge is 0.454 e. The van der Waals surface area contributed by atoms with Gasteiger partial charge in [0.25, 0.3) is 5.91 Å². The van der Waals surface area contributed by atoms with Crippen LogP contribution in [0.3, 0.4) is 0 Å². The second kappa shape index (κ2) is 7.27. The Hall–Kier alpha value is -2.71. The predicted octanol–water partition coefficient (Wildman–Crippen LogP) is 1.52. The number of carbonyl (C=O) groups is 4. The van der Waals surface area contributed by atoms with Crippen LogP contribution in [0.2, 0.25) is 0 Å². The van der Waals surface area contributed by atoms with Crippen LogP contribution in [0.4, 0.5) is 5.82 Å². The van der Waals surface area contributed by atoms with Crippen LogP contribution in [0.15, 0.2) is 10.6 Å². The lowest BCUT2D eigenvalue weighted by atomic mass is 9.81. The van der Waals surface area contributed by atoms with Crippen molar-refractivity contribution in [2.45, 2.75) is 46.1 Å². The Labute approximate surface area is 168 Å². The third-order valence-corrected chi connectivity index (χ3v) is 6.35. The molecule has 0 unspecified atom stereocenters. The molecule has 4 rings (SSSR count). The predicted molar refractivity (Wildman–Crippen MR) is 99.1 cm³/mol. The Morgan fingerprint density at radius 3 is 2.38 bits per heavy atom. The molecule has 2 bridgehead atoms. The number of esters is 1. The fraction of sp³-hybridized carbons (Fsp3) is 0.650. The first kappa shape index (κ1) is 19.6. The molecule has 1 aliphatic heterocycles. The number of aromatic nitrogens is 1. The zero-order valence-corrected chi connectivity index (χ0v) is 16.7. The molecule has 0 radical (unpaired) electrons. The average Bonchev–Trinajstić information content (AvgIpc) is 3.41. The summed E-state index contributed by atoms with van der Waals surface area (Å²) in [4.78, 5) is 51.9. The summed E-state index contributed by atoms with van der Waals surface area (Å²) < 4.78 is 10.0. The highest BCUT2D eigenvalue weighted by Gasteiger charge is 2.62. The van der Waals surface area contributed by atoms with Crippen LogP contribution < -0.4 is 5.32 Å². The van der Waals surface area contributed by atoms with E-state index in [1.54, 1.807) is 20.8 Å². The number of aryl methyl sites for hydroxylation is 1. The highest BCUT2D eigenvalue weighted by Crippen LogP contribution is 2.56. The maximum atomic E-state index is 13.0. The maximum Gasteiger partial charge on any atom is 0.330 e. The van der Waals surface area contributed by atoms with Crippen LogP contribution in [0.25, 0.3) is 0 Å². The van der Waals surface area contributed by atoms with Crippen LogP contribution >= 0.6 is 0 Å². The summed E-state index contributed by atoms with van der Waals surface area (Å²) in [5.74, 6) is -1.53. The van der Waals surface area contributed by atoms with Crippen molar-refractivity contribution in [3.05, 3.63) is 11.8 Å². The van der Waals surface area contributed by atoms with E-state index in [1.807, 2.05) is 0 Å². The molecule has 1 aromatic rings. The first-order valence-corrected chi connectivity index (χ1v) is 10.0. The van der Waals surface area contributed by atoms with Gasteiger partial charge in [0.2, 0.25) is 11.8 Å². The Balaban J connectivity index is 1.42. The number of anilines is 1. The highest BCUT2D eigenvalue weighted by atomic mass is 16.5. The number of nitrogens with zero attached hydrogens (tertiary/aromatic N) is 2. The fourth-order valence-corrected chi connectivity index (χ4v) is 5.21. The molecular formula is C20H25N3O6. The van der Waals surface area contributed by atoms with E-state index >= 15 is 0 Å². The standard InChI is InChI=1S/C20H25N3O6/c1-9(2)17(20(27)28-8-14(24)21-13-6-10(3)29-22-13)23-18(25)15-11-4-5-12(7-11)16(15)19(23)26/h6,9,11-12,15-17H,4-5,7-8H2,1-3H3,(H,21,22,24)/t11-,12-,15-,16+,17+/m0/s1. The number of imide groups is 1. The monoisotopic (exact) mass is 403 g/mol. The molecule has 1 saturated heterocycles. The summed E-state index contributed by atoms with van der Waals surface area (Å²) in [6.45, 7) is 4.66. The third-order valence-electron chi connectivity index (χ3n) is 6.35. The van der Waals surface area contributed by atoms with Crippen LogP contribution in [0.1, 0.15) is 38.9 Å². The van der Waals surface area contributed by atoms with Gasteiger partial charge in [-0.15, -0.1) is 0 Å². The number of likely N-dealkylation sites (tertiary alicyclic amines) is 1. The summed E-state index contributed by atoms with van der Waals surface area (Å²) in [6.07, 6.45) is 2.87. The summed E-state index contributed by atoms with van der Waals surface area (Å²) in [7, 11) is 0. The van der Waals surface area contributed by atoms with Gasteiger partial charge in [0, 0.05) is 6.07 Å². The number of hydrogen-bond donors (Lipinski definition) is 1. The quantitative estimate of drug-likeness (QED) is 0.565. The van der Waals surface area contributed by atoms with E-state index in [-0.39, 0.29) is 47.2 Å². The number of hydrogen-bond acceptors (Lipinski definition) is 7. The van der Waals surface area contributed by atoms with Crippen molar-refractivity contribution in [3.63, 3.8) is 0 Å². The average molecular weight is 403 g/mol. The SMILES string of the molecule is Cc1cc(NC(=O)COC(=O)[C@@H](C(C)C)N2C(=O)[C@@H]3[C@H]4CC[C@@H](C4)[C@@H]3C2=O)no1. The number of rotatable bonds is 6. The van der Waals surface area contributed by atoms with Gasteiger partial charge in [0.15, 0.2) is 12.4 Å². The van der Waals surface area contributed by atoms with Gasteiger partial charge in [0.1, 0.15) is 11.8 Å². The highest BCUT2D eigenvalue weighted by molar-refractivity contribution is 6.08. The zero-order valence-electron chi connectivity index (χ0n) is 16.7. The second-order valence-corrected chi connectivity index (χ2v) is 8.60. The van der Waals surface area contributed by atoms with Crippen LogP contribution in [0, 0.1) is 36.5 Å². The molecule has 3 aliphatic rings. The Bertz CT molecular complexity index is 834. The normalized spacial score (nSPS) is 28.8. The van der Waals surface area contributed by atoms with Crippen molar-refractivity contribution in [2.24, 2.45) is 29.6 Å². The van der Waals surface area contributed by atoms with Crippen molar-refractivity contribution in [3.8, 4) is 0 Å². The van der Waals surface area contributed by atoms with Gasteiger partial charge in [-0.3, -0.25) is 19.3 Å². The van der Waals surface area contributed by atoms with Crippen molar-refractivity contribution in [1.82, 2.24) is 10.1 Å². The summed E-state index contributed by atoms with van der Waals surface area (Å²) in [5, 5.41) is 6.09. The van der Waals surface area contributed by atoms with Gasteiger partial charge in [-0.05, 0) is 43.9 Å². The molecule has 1 aromatic heterocycles. The summed E-state index contributed by atoms with van der Waals surface area (Å²) in [6, 6.07) is 0.507. The van der Waals surface area contributed by atoms with E-state index in [1.165, 1.54) is 6.07 Å². The van der Waals surface area contributed by atoms with Gasteiger partial charge >= 0.3 is 5.97 Å². The lowest BCUT2D eigenvalue weighted by Crippen LogP contribution is -2.50. The van der Waals surface area contributed by atoms with Gasteiger partial charge in [-0.2, -0.15) is 0 Å².